The maximum absolute atomic E-state index is 11.2. The van der Waals surface area contributed by atoms with Crippen LogP contribution in [0.1, 0.15) is 34.1 Å². The van der Waals surface area contributed by atoms with Crippen LogP contribution in [0.4, 0.5) is 4.79 Å². The Balaban J connectivity index is 3.60. The lowest BCUT2D eigenvalue weighted by Gasteiger charge is -2.20. The van der Waals surface area contributed by atoms with Crippen molar-refractivity contribution in [1.82, 2.24) is 10.6 Å². The molecule has 2 N–H and O–H groups in total. The van der Waals surface area contributed by atoms with E-state index in [1.54, 1.807) is 6.92 Å². The van der Waals surface area contributed by atoms with Crippen LogP contribution in [0.3, 0.4) is 0 Å². The van der Waals surface area contributed by atoms with E-state index in [1.807, 2.05) is 20.8 Å². The van der Waals surface area contributed by atoms with E-state index in [0.717, 1.165) is 0 Å². The minimum Gasteiger partial charge on any atom is -0.466 e. The van der Waals surface area contributed by atoms with E-state index >= 15 is 0 Å². The molecule has 0 aliphatic carbocycles. The van der Waals surface area contributed by atoms with Crippen molar-refractivity contribution >= 4 is 12.0 Å². The molecular weight excluding hydrogens is 196 g/mol. The van der Waals surface area contributed by atoms with Gasteiger partial charge in [-0.2, -0.15) is 0 Å². The standard InChI is InChI=1S/C10H20N2O3/c1-5-15-8(13)6-7-11-9(14)12-10(2,3)4/h5-7H2,1-4H3,(H2,11,12,14). The summed E-state index contributed by atoms with van der Waals surface area (Å²) in [6, 6.07) is -0.271. The zero-order valence-electron chi connectivity index (χ0n) is 9.85. The first-order chi connectivity index (χ1) is 6.85. The van der Waals surface area contributed by atoms with Gasteiger partial charge in [0.05, 0.1) is 13.0 Å². The fourth-order valence-electron chi connectivity index (χ4n) is 0.896. The summed E-state index contributed by atoms with van der Waals surface area (Å²) >= 11 is 0. The van der Waals surface area contributed by atoms with Crippen molar-refractivity contribution in [1.29, 1.82) is 0 Å². The highest BCUT2D eigenvalue weighted by Gasteiger charge is 2.13. The van der Waals surface area contributed by atoms with E-state index in [0.29, 0.717) is 13.2 Å². The highest BCUT2D eigenvalue weighted by atomic mass is 16.5. The molecule has 0 aromatic carbocycles. The number of hydrogen-bond donors (Lipinski definition) is 2. The summed E-state index contributed by atoms with van der Waals surface area (Å²) in [5, 5.41) is 5.30. The molecule has 0 radical (unpaired) electrons. The molecule has 0 unspecified atom stereocenters. The Hall–Kier alpha value is -1.26. The largest absolute Gasteiger partial charge is 0.466 e. The first-order valence-electron chi connectivity index (χ1n) is 5.07. The molecule has 0 aromatic rings. The minimum atomic E-state index is -0.298. The van der Waals surface area contributed by atoms with E-state index in [9.17, 15) is 9.59 Å². The molecule has 0 fully saturated rings. The number of nitrogens with one attached hydrogen (secondary N) is 2. The van der Waals surface area contributed by atoms with Gasteiger partial charge in [-0.25, -0.2) is 4.79 Å². The van der Waals surface area contributed by atoms with Gasteiger partial charge in [0.1, 0.15) is 0 Å². The number of rotatable bonds is 4. The van der Waals surface area contributed by atoms with Gasteiger partial charge in [0.2, 0.25) is 0 Å². The van der Waals surface area contributed by atoms with Crippen LogP contribution in [0.2, 0.25) is 0 Å². The van der Waals surface area contributed by atoms with E-state index in [4.69, 9.17) is 4.74 Å². The Morgan fingerprint density at radius 3 is 2.33 bits per heavy atom. The summed E-state index contributed by atoms with van der Waals surface area (Å²) in [5.74, 6) is -0.298. The molecule has 0 aliphatic heterocycles. The van der Waals surface area contributed by atoms with Gasteiger partial charge >= 0.3 is 12.0 Å². The Kier molecular flexibility index (Phi) is 5.74. The quantitative estimate of drug-likeness (QED) is 0.690. The number of amides is 2. The molecule has 0 aromatic heterocycles. The molecule has 0 rings (SSSR count). The average Bonchev–Trinajstić information content (AvgIpc) is 2.00. The molecule has 15 heavy (non-hydrogen) atoms. The fraction of sp³-hybridized carbons (Fsp3) is 0.800. The third-order valence-corrected chi connectivity index (χ3v) is 1.41. The Morgan fingerprint density at radius 2 is 1.87 bits per heavy atom. The number of carbonyl (C=O) groups excluding carboxylic acids is 2. The molecule has 0 atom stereocenters. The normalized spacial score (nSPS) is 10.7. The van der Waals surface area contributed by atoms with Gasteiger partial charge in [0.15, 0.2) is 0 Å². The van der Waals surface area contributed by atoms with Crippen LogP contribution in [0.15, 0.2) is 0 Å². The number of hydrogen-bond acceptors (Lipinski definition) is 3. The van der Waals surface area contributed by atoms with Crippen LogP contribution in [-0.2, 0) is 9.53 Å². The van der Waals surface area contributed by atoms with Gasteiger partial charge in [0.25, 0.3) is 0 Å². The van der Waals surface area contributed by atoms with Gasteiger partial charge in [-0.1, -0.05) is 0 Å². The third-order valence-electron chi connectivity index (χ3n) is 1.41. The molecule has 5 nitrogen and oxygen atoms in total. The average molecular weight is 216 g/mol. The summed E-state index contributed by atoms with van der Waals surface area (Å²) in [7, 11) is 0. The third kappa shape index (κ3) is 9.05. The maximum atomic E-state index is 11.2. The number of carbonyl (C=O) groups is 2. The van der Waals surface area contributed by atoms with Crippen molar-refractivity contribution < 1.29 is 14.3 Å². The number of ether oxygens (including phenoxy) is 1. The van der Waals surface area contributed by atoms with Crippen LogP contribution < -0.4 is 10.6 Å². The lowest BCUT2D eigenvalue weighted by molar-refractivity contribution is -0.142. The molecule has 0 spiro atoms. The summed E-state index contributed by atoms with van der Waals surface area (Å²) in [4.78, 5) is 22.1. The summed E-state index contributed by atoms with van der Waals surface area (Å²) in [5.41, 5.74) is -0.270. The van der Waals surface area contributed by atoms with Crippen molar-refractivity contribution in [2.45, 2.75) is 39.7 Å². The second-order valence-corrected chi connectivity index (χ2v) is 4.19. The van der Waals surface area contributed by atoms with Crippen molar-refractivity contribution in [3.05, 3.63) is 0 Å². The van der Waals surface area contributed by atoms with E-state index < -0.39 is 0 Å². The molecule has 0 saturated heterocycles. The molecule has 0 saturated carbocycles. The van der Waals surface area contributed by atoms with Crippen molar-refractivity contribution in [2.75, 3.05) is 13.2 Å². The van der Waals surface area contributed by atoms with Gasteiger partial charge in [-0.05, 0) is 27.7 Å². The monoisotopic (exact) mass is 216 g/mol. The first-order valence-corrected chi connectivity index (χ1v) is 5.07. The van der Waals surface area contributed by atoms with E-state index in [1.165, 1.54) is 0 Å². The molecule has 5 heteroatoms. The topological polar surface area (TPSA) is 67.4 Å². The van der Waals surface area contributed by atoms with E-state index in [2.05, 4.69) is 10.6 Å². The van der Waals surface area contributed by atoms with Crippen molar-refractivity contribution in [3.8, 4) is 0 Å². The Bertz CT molecular complexity index is 221. The van der Waals surface area contributed by atoms with Crippen LogP contribution >= 0.6 is 0 Å². The molecular formula is C10H20N2O3. The Labute approximate surface area is 90.6 Å². The highest BCUT2D eigenvalue weighted by Crippen LogP contribution is 1.97. The number of urea groups is 1. The van der Waals surface area contributed by atoms with Gasteiger partial charge in [-0.15, -0.1) is 0 Å². The second kappa shape index (κ2) is 6.27. The molecule has 2 amide bonds. The second-order valence-electron chi connectivity index (χ2n) is 4.19. The smallest absolute Gasteiger partial charge is 0.315 e. The molecule has 0 bridgehead atoms. The maximum Gasteiger partial charge on any atom is 0.315 e. The summed E-state index contributed by atoms with van der Waals surface area (Å²) in [6.07, 6.45) is 0.200. The highest BCUT2D eigenvalue weighted by molar-refractivity contribution is 5.76. The van der Waals surface area contributed by atoms with Gasteiger partial charge in [-0.3, -0.25) is 4.79 Å². The zero-order chi connectivity index (χ0) is 11.9. The van der Waals surface area contributed by atoms with Crippen LogP contribution in [0.5, 0.6) is 0 Å². The van der Waals surface area contributed by atoms with Crippen LogP contribution in [-0.4, -0.2) is 30.7 Å². The van der Waals surface area contributed by atoms with Crippen molar-refractivity contribution in [3.63, 3.8) is 0 Å². The van der Waals surface area contributed by atoms with Gasteiger partial charge < -0.3 is 15.4 Å². The van der Waals surface area contributed by atoms with Crippen LogP contribution in [0, 0.1) is 0 Å². The zero-order valence-corrected chi connectivity index (χ0v) is 9.85. The SMILES string of the molecule is CCOC(=O)CCNC(=O)NC(C)(C)C. The van der Waals surface area contributed by atoms with E-state index in [-0.39, 0.29) is 24.0 Å². The molecule has 0 aliphatic rings. The van der Waals surface area contributed by atoms with Gasteiger partial charge in [0, 0.05) is 12.1 Å². The lowest BCUT2D eigenvalue weighted by Crippen LogP contribution is -2.46. The molecule has 0 heterocycles. The fourth-order valence-corrected chi connectivity index (χ4v) is 0.896. The predicted molar refractivity (Wildman–Crippen MR) is 57.5 cm³/mol. The summed E-state index contributed by atoms with van der Waals surface area (Å²) < 4.78 is 4.71. The number of esters is 1. The minimum absolute atomic E-state index is 0.200. The molecule has 88 valence electrons. The first kappa shape index (κ1) is 13.7. The summed E-state index contributed by atoms with van der Waals surface area (Å²) in [6.45, 7) is 8.07. The van der Waals surface area contributed by atoms with Crippen molar-refractivity contribution in [2.24, 2.45) is 0 Å². The lowest BCUT2D eigenvalue weighted by atomic mass is 10.1. The van der Waals surface area contributed by atoms with Crippen LogP contribution in [0.25, 0.3) is 0 Å². The predicted octanol–water partition coefficient (Wildman–Crippen LogP) is 1.04. The Morgan fingerprint density at radius 1 is 1.27 bits per heavy atom.